The molecule has 0 aromatic carbocycles. The third kappa shape index (κ3) is 1.91. The van der Waals surface area contributed by atoms with Gasteiger partial charge in [0.2, 0.25) is 0 Å². The Balaban J connectivity index is 2.45. The van der Waals surface area contributed by atoms with Crippen molar-refractivity contribution in [2.24, 2.45) is 11.8 Å². The van der Waals surface area contributed by atoms with Crippen LogP contribution in [0.4, 0.5) is 4.79 Å². The first-order valence-corrected chi connectivity index (χ1v) is 4.11. The molecule has 0 aromatic heterocycles. The Kier molecular flexibility index (Phi) is 2.75. The lowest BCUT2D eigenvalue weighted by atomic mass is 9.90. The first kappa shape index (κ1) is 9.83. The Morgan fingerprint density at radius 2 is 2.23 bits per heavy atom. The maximum Gasteiger partial charge on any atom is 0.409 e. The van der Waals surface area contributed by atoms with Crippen molar-refractivity contribution < 1.29 is 19.1 Å². The van der Waals surface area contributed by atoms with E-state index < -0.39 is 12.3 Å². The fourth-order valence-corrected chi connectivity index (χ4v) is 1.24. The SMILES string of the molecule is COC(=O)N[C@@H]1OC(=O)[C@H]1C(C)C. The van der Waals surface area contributed by atoms with E-state index in [0.717, 1.165) is 0 Å². The standard InChI is InChI=1S/C8H13NO4/c1-4(2)5-6(13-7(5)10)9-8(11)12-3/h4-6H,1-3H3,(H,9,11)/t5-,6+/m0/s1. The summed E-state index contributed by atoms with van der Waals surface area (Å²) in [6.07, 6.45) is -1.11. The number of amides is 1. The summed E-state index contributed by atoms with van der Waals surface area (Å²) >= 11 is 0. The highest BCUT2D eigenvalue weighted by Gasteiger charge is 2.45. The zero-order chi connectivity index (χ0) is 10.0. The Morgan fingerprint density at radius 3 is 2.62 bits per heavy atom. The van der Waals surface area contributed by atoms with Crippen LogP contribution in [-0.2, 0) is 14.3 Å². The van der Waals surface area contributed by atoms with E-state index in [-0.39, 0.29) is 17.8 Å². The molecule has 0 spiro atoms. The Hall–Kier alpha value is -1.26. The fraction of sp³-hybridized carbons (Fsp3) is 0.750. The van der Waals surface area contributed by atoms with Gasteiger partial charge in [0.15, 0.2) is 6.23 Å². The molecule has 1 saturated heterocycles. The van der Waals surface area contributed by atoms with Crippen molar-refractivity contribution in [2.45, 2.75) is 20.1 Å². The lowest BCUT2D eigenvalue weighted by molar-refractivity contribution is -0.192. The molecular weight excluding hydrogens is 174 g/mol. The van der Waals surface area contributed by atoms with Crippen LogP contribution in [0.3, 0.4) is 0 Å². The van der Waals surface area contributed by atoms with Gasteiger partial charge in [0.1, 0.15) is 5.92 Å². The highest BCUT2D eigenvalue weighted by molar-refractivity contribution is 5.80. The fourth-order valence-electron chi connectivity index (χ4n) is 1.24. The highest BCUT2D eigenvalue weighted by atomic mass is 16.6. The number of rotatable bonds is 2. The molecule has 1 N–H and O–H groups in total. The van der Waals surface area contributed by atoms with Gasteiger partial charge in [0, 0.05) is 0 Å². The van der Waals surface area contributed by atoms with E-state index in [1.54, 1.807) is 0 Å². The van der Waals surface area contributed by atoms with Crippen molar-refractivity contribution in [2.75, 3.05) is 7.11 Å². The van der Waals surface area contributed by atoms with Crippen LogP contribution in [0, 0.1) is 11.8 Å². The van der Waals surface area contributed by atoms with E-state index in [9.17, 15) is 9.59 Å². The molecule has 1 fully saturated rings. The van der Waals surface area contributed by atoms with Gasteiger partial charge < -0.3 is 9.47 Å². The number of alkyl carbamates (subject to hydrolysis) is 1. The van der Waals surface area contributed by atoms with Crippen LogP contribution in [0.25, 0.3) is 0 Å². The van der Waals surface area contributed by atoms with Gasteiger partial charge in [0.25, 0.3) is 0 Å². The Labute approximate surface area is 76.4 Å². The molecular formula is C8H13NO4. The third-order valence-electron chi connectivity index (χ3n) is 2.01. The molecule has 0 unspecified atom stereocenters. The number of hydrogen-bond donors (Lipinski definition) is 1. The third-order valence-corrected chi connectivity index (χ3v) is 2.01. The molecule has 0 aromatic rings. The topological polar surface area (TPSA) is 64.6 Å². The van der Waals surface area contributed by atoms with E-state index >= 15 is 0 Å². The van der Waals surface area contributed by atoms with Crippen molar-refractivity contribution in [3.05, 3.63) is 0 Å². The van der Waals surface area contributed by atoms with Gasteiger partial charge >= 0.3 is 12.1 Å². The zero-order valence-corrected chi connectivity index (χ0v) is 7.87. The second-order valence-corrected chi connectivity index (χ2v) is 3.26. The molecule has 5 heteroatoms. The number of hydrogen-bond acceptors (Lipinski definition) is 4. The van der Waals surface area contributed by atoms with Gasteiger partial charge in [-0.3, -0.25) is 10.1 Å². The summed E-state index contributed by atoms with van der Waals surface area (Å²) in [6, 6.07) is 0. The number of methoxy groups -OCH3 is 1. The maximum atomic E-state index is 10.9. The minimum absolute atomic E-state index is 0.156. The molecule has 2 atom stereocenters. The van der Waals surface area contributed by atoms with Crippen molar-refractivity contribution in [3.8, 4) is 0 Å². The average Bonchev–Trinajstić information content (AvgIpc) is 2.01. The number of esters is 1. The zero-order valence-electron chi connectivity index (χ0n) is 7.87. The van der Waals surface area contributed by atoms with Gasteiger partial charge in [-0.05, 0) is 5.92 Å². The molecule has 0 radical (unpaired) electrons. The van der Waals surface area contributed by atoms with Crippen molar-refractivity contribution in [3.63, 3.8) is 0 Å². The Morgan fingerprint density at radius 1 is 1.62 bits per heavy atom. The molecule has 1 heterocycles. The summed E-state index contributed by atoms with van der Waals surface area (Å²) in [5, 5.41) is 2.42. The lowest BCUT2D eigenvalue weighted by Gasteiger charge is -2.37. The first-order valence-electron chi connectivity index (χ1n) is 4.11. The highest BCUT2D eigenvalue weighted by Crippen LogP contribution is 2.27. The van der Waals surface area contributed by atoms with Crippen LogP contribution >= 0.6 is 0 Å². The second-order valence-electron chi connectivity index (χ2n) is 3.26. The molecule has 1 rings (SSSR count). The maximum absolute atomic E-state index is 10.9. The van der Waals surface area contributed by atoms with Crippen LogP contribution < -0.4 is 5.32 Å². The molecule has 0 bridgehead atoms. The van der Waals surface area contributed by atoms with Crippen LogP contribution in [0.5, 0.6) is 0 Å². The number of carbonyl (C=O) groups is 2. The number of nitrogens with one attached hydrogen (secondary N) is 1. The lowest BCUT2D eigenvalue weighted by Crippen LogP contribution is -2.57. The average molecular weight is 187 g/mol. The minimum Gasteiger partial charge on any atom is -0.453 e. The molecule has 0 aliphatic carbocycles. The predicted octanol–water partition coefficient (Wildman–Crippen LogP) is 0.497. The number of cyclic esters (lactones) is 1. The van der Waals surface area contributed by atoms with Crippen molar-refractivity contribution in [1.82, 2.24) is 5.32 Å². The molecule has 74 valence electrons. The predicted molar refractivity (Wildman–Crippen MR) is 43.7 cm³/mol. The van der Waals surface area contributed by atoms with E-state index in [0.29, 0.717) is 0 Å². The van der Waals surface area contributed by atoms with E-state index in [1.807, 2.05) is 13.8 Å². The van der Waals surface area contributed by atoms with E-state index in [1.165, 1.54) is 7.11 Å². The van der Waals surface area contributed by atoms with Crippen molar-refractivity contribution in [1.29, 1.82) is 0 Å². The molecule has 1 aliphatic rings. The summed E-state index contributed by atoms with van der Waals surface area (Å²) in [5.74, 6) is -0.362. The summed E-state index contributed by atoms with van der Waals surface area (Å²) < 4.78 is 9.11. The second kappa shape index (κ2) is 3.64. The molecule has 0 saturated carbocycles. The number of ether oxygens (including phenoxy) is 2. The summed E-state index contributed by atoms with van der Waals surface area (Å²) in [6.45, 7) is 3.80. The normalized spacial score (nSPS) is 26.3. The van der Waals surface area contributed by atoms with Crippen molar-refractivity contribution >= 4 is 12.1 Å². The number of carbonyl (C=O) groups excluding carboxylic acids is 2. The molecule has 13 heavy (non-hydrogen) atoms. The molecule has 1 aliphatic heterocycles. The quantitative estimate of drug-likeness (QED) is 0.639. The van der Waals surface area contributed by atoms with Gasteiger partial charge in [0.05, 0.1) is 7.11 Å². The van der Waals surface area contributed by atoms with Gasteiger partial charge in [-0.1, -0.05) is 13.8 Å². The smallest absolute Gasteiger partial charge is 0.409 e. The minimum atomic E-state index is -0.580. The van der Waals surface area contributed by atoms with Gasteiger partial charge in [-0.15, -0.1) is 0 Å². The van der Waals surface area contributed by atoms with Crippen LogP contribution in [0.15, 0.2) is 0 Å². The van der Waals surface area contributed by atoms with Crippen LogP contribution in [-0.4, -0.2) is 25.4 Å². The molecule has 5 nitrogen and oxygen atoms in total. The molecule has 1 amide bonds. The summed E-state index contributed by atoms with van der Waals surface area (Å²) in [4.78, 5) is 21.7. The monoisotopic (exact) mass is 187 g/mol. The van der Waals surface area contributed by atoms with Crippen LogP contribution in [0.1, 0.15) is 13.8 Å². The van der Waals surface area contributed by atoms with Gasteiger partial charge in [-0.2, -0.15) is 0 Å². The first-order chi connectivity index (χ1) is 6.06. The van der Waals surface area contributed by atoms with Crippen LogP contribution in [0.2, 0.25) is 0 Å². The summed E-state index contributed by atoms with van der Waals surface area (Å²) in [5.41, 5.74) is 0. The van der Waals surface area contributed by atoms with E-state index in [2.05, 4.69) is 10.1 Å². The van der Waals surface area contributed by atoms with Gasteiger partial charge in [-0.25, -0.2) is 4.79 Å². The summed E-state index contributed by atoms with van der Waals surface area (Å²) in [7, 11) is 1.26. The largest absolute Gasteiger partial charge is 0.453 e. The Bertz CT molecular complexity index is 226. The van der Waals surface area contributed by atoms with E-state index in [4.69, 9.17) is 4.74 Å².